The second kappa shape index (κ2) is 2.33. The summed E-state index contributed by atoms with van der Waals surface area (Å²) in [7, 11) is 0. The molecule has 0 aliphatic heterocycles. The molecule has 0 saturated heterocycles. The predicted octanol–water partition coefficient (Wildman–Crippen LogP) is 1.37. The van der Waals surface area contributed by atoms with Gasteiger partial charge in [-0.3, -0.25) is 0 Å². The van der Waals surface area contributed by atoms with Crippen LogP contribution in [0, 0.1) is 4.64 Å². The molecule has 0 radical (unpaired) electrons. The van der Waals surface area contributed by atoms with Crippen molar-refractivity contribution in [3.63, 3.8) is 0 Å². The number of anilines is 1. The fraction of sp³-hybridized carbons (Fsp3) is 0. The number of halogens is 1. The number of nitrogens with one attached hydrogen (secondary N) is 1. The molecule has 0 aliphatic rings. The zero-order valence-electron chi connectivity index (χ0n) is 4.39. The second-order valence-electron chi connectivity index (χ2n) is 1.45. The molecule has 9 heavy (non-hydrogen) atoms. The van der Waals surface area contributed by atoms with Gasteiger partial charge in [0, 0.05) is 0 Å². The predicted molar refractivity (Wildman–Crippen MR) is 38.8 cm³/mol. The molecule has 0 fully saturated rings. The van der Waals surface area contributed by atoms with E-state index in [1.165, 1.54) is 6.20 Å². The average Bonchev–Trinajstić information content (AvgIpc) is 1.80. The topological polar surface area (TPSA) is 54.7 Å². The Morgan fingerprint density at radius 3 is 2.89 bits per heavy atom. The van der Waals surface area contributed by atoms with Crippen LogP contribution in [-0.4, -0.2) is 9.97 Å². The monoisotopic (exact) mass is 161 g/mol. The van der Waals surface area contributed by atoms with E-state index in [-0.39, 0.29) is 5.15 Å². The largest absolute Gasteiger partial charge is 0.383 e. The maximum Gasteiger partial charge on any atom is 0.169 e. The van der Waals surface area contributed by atoms with Gasteiger partial charge in [-0.25, -0.2) is 4.98 Å². The fourth-order valence-electron chi connectivity index (χ4n) is 0.401. The molecule has 0 aromatic carbocycles. The van der Waals surface area contributed by atoms with Crippen molar-refractivity contribution in [1.29, 1.82) is 0 Å². The van der Waals surface area contributed by atoms with Crippen LogP contribution >= 0.6 is 23.8 Å². The number of rotatable bonds is 0. The Bertz CT molecular complexity index is 269. The minimum Gasteiger partial charge on any atom is -0.383 e. The van der Waals surface area contributed by atoms with Gasteiger partial charge in [0.05, 0.1) is 6.20 Å². The molecular weight excluding hydrogens is 158 g/mol. The molecule has 0 amide bonds. The molecule has 1 heterocycles. The van der Waals surface area contributed by atoms with Crippen LogP contribution in [0.3, 0.4) is 0 Å². The summed E-state index contributed by atoms with van der Waals surface area (Å²) < 4.78 is 0.483. The van der Waals surface area contributed by atoms with Gasteiger partial charge in [-0.1, -0.05) is 23.8 Å². The summed E-state index contributed by atoms with van der Waals surface area (Å²) in [6, 6.07) is 0. The van der Waals surface area contributed by atoms with Crippen molar-refractivity contribution in [2.75, 3.05) is 5.73 Å². The molecule has 0 bridgehead atoms. The van der Waals surface area contributed by atoms with Crippen LogP contribution in [0.2, 0.25) is 5.15 Å². The molecule has 0 spiro atoms. The number of hydrogen-bond acceptors (Lipinski definition) is 3. The van der Waals surface area contributed by atoms with Crippen LogP contribution in [0.15, 0.2) is 6.20 Å². The summed E-state index contributed by atoms with van der Waals surface area (Å²) >= 11 is 10.2. The van der Waals surface area contributed by atoms with E-state index in [0.29, 0.717) is 10.5 Å². The number of H-pyrrole nitrogens is 1. The molecule has 3 N–H and O–H groups in total. The van der Waals surface area contributed by atoms with E-state index in [2.05, 4.69) is 9.97 Å². The highest BCUT2D eigenvalue weighted by Crippen LogP contribution is 2.09. The molecule has 0 unspecified atom stereocenters. The number of nitrogens with zero attached hydrogens (tertiary/aromatic N) is 1. The van der Waals surface area contributed by atoms with Crippen LogP contribution in [-0.2, 0) is 0 Å². The molecule has 5 heteroatoms. The van der Waals surface area contributed by atoms with Gasteiger partial charge in [-0.2, -0.15) is 0 Å². The van der Waals surface area contributed by atoms with Crippen LogP contribution in [0.4, 0.5) is 5.82 Å². The van der Waals surface area contributed by atoms with Crippen molar-refractivity contribution < 1.29 is 0 Å². The first-order chi connectivity index (χ1) is 4.20. The second-order valence-corrected chi connectivity index (χ2v) is 2.25. The first-order valence-electron chi connectivity index (χ1n) is 2.20. The highest BCUT2D eigenvalue weighted by atomic mass is 35.5. The van der Waals surface area contributed by atoms with Crippen molar-refractivity contribution >= 4 is 29.6 Å². The number of aromatic nitrogens is 2. The maximum atomic E-state index is 5.47. The normalized spacial score (nSPS) is 9.44. The van der Waals surface area contributed by atoms with Gasteiger partial charge in [0.25, 0.3) is 0 Å². The Balaban J connectivity index is 3.34. The minimum atomic E-state index is 0.253. The van der Waals surface area contributed by atoms with Gasteiger partial charge in [0.15, 0.2) is 5.15 Å². The standard InChI is InChI=1S/C4H4ClN3S/c5-3-4(6)8-2(9)1-7-3/h1H,(H3,6,8,9). The molecule has 1 aromatic heterocycles. The zero-order valence-corrected chi connectivity index (χ0v) is 5.96. The van der Waals surface area contributed by atoms with Crippen LogP contribution in [0.5, 0.6) is 0 Å². The Hall–Kier alpha value is -0.610. The Morgan fingerprint density at radius 2 is 2.44 bits per heavy atom. The van der Waals surface area contributed by atoms with Crippen LogP contribution < -0.4 is 5.73 Å². The number of aromatic amines is 1. The molecule has 3 nitrogen and oxygen atoms in total. The van der Waals surface area contributed by atoms with E-state index in [9.17, 15) is 0 Å². The lowest BCUT2D eigenvalue weighted by molar-refractivity contribution is 1.19. The molecular formula is C4H4ClN3S. The molecule has 1 rings (SSSR count). The van der Waals surface area contributed by atoms with Gasteiger partial charge >= 0.3 is 0 Å². The van der Waals surface area contributed by atoms with E-state index < -0.39 is 0 Å². The number of hydrogen-bond donors (Lipinski definition) is 2. The van der Waals surface area contributed by atoms with E-state index in [0.717, 1.165) is 0 Å². The molecule has 0 aliphatic carbocycles. The highest BCUT2D eigenvalue weighted by Gasteiger charge is 1.92. The summed E-state index contributed by atoms with van der Waals surface area (Å²) in [6.07, 6.45) is 1.44. The average molecular weight is 162 g/mol. The van der Waals surface area contributed by atoms with Crippen LogP contribution in [0.1, 0.15) is 0 Å². The zero-order chi connectivity index (χ0) is 6.85. The van der Waals surface area contributed by atoms with Gasteiger partial charge in [0.2, 0.25) is 0 Å². The van der Waals surface area contributed by atoms with Crippen molar-refractivity contribution in [2.24, 2.45) is 0 Å². The van der Waals surface area contributed by atoms with Crippen LogP contribution in [0.25, 0.3) is 0 Å². The van der Waals surface area contributed by atoms with Crippen molar-refractivity contribution in [2.45, 2.75) is 0 Å². The quantitative estimate of drug-likeness (QED) is 0.566. The number of nitrogen functional groups attached to an aromatic ring is 1. The molecule has 48 valence electrons. The third-order valence-corrected chi connectivity index (χ3v) is 1.28. The minimum absolute atomic E-state index is 0.253. The Kier molecular flexibility index (Phi) is 1.68. The first kappa shape index (κ1) is 6.51. The van der Waals surface area contributed by atoms with Gasteiger partial charge in [0.1, 0.15) is 10.5 Å². The van der Waals surface area contributed by atoms with Crippen molar-refractivity contribution in [3.8, 4) is 0 Å². The summed E-state index contributed by atoms with van der Waals surface area (Å²) in [5.74, 6) is 0.309. The fourth-order valence-corrected chi connectivity index (χ4v) is 0.660. The molecule has 0 atom stereocenters. The maximum absolute atomic E-state index is 5.47. The third kappa shape index (κ3) is 1.40. The third-order valence-electron chi connectivity index (χ3n) is 0.775. The summed E-state index contributed by atoms with van der Waals surface area (Å²) in [4.78, 5) is 6.32. The lowest BCUT2D eigenvalue weighted by atomic mass is 10.7. The van der Waals surface area contributed by atoms with Crippen molar-refractivity contribution in [1.82, 2.24) is 9.97 Å². The first-order valence-corrected chi connectivity index (χ1v) is 2.99. The number of nitrogens with two attached hydrogens (primary N) is 1. The smallest absolute Gasteiger partial charge is 0.169 e. The summed E-state index contributed by atoms with van der Waals surface area (Å²) in [5, 5.41) is 0.253. The van der Waals surface area contributed by atoms with Gasteiger partial charge < -0.3 is 10.7 Å². The highest BCUT2D eigenvalue weighted by molar-refractivity contribution is 7.71. The Morgan fingerprint density at radius 1 is 1.78 bits per heavy atom. The molecule has 0 saturated carbocycles. The van der Waals surface area contributed by atoms with E-state index in [4.69, 9.17) is 29.6 Å². The Labute approximate surface area is 61.9 Å². The van der Waals surface area contributed by atoms with Gasteiger partial charge in [-0.05, 0) is 0 Å². The van der Waals surface area contributed by atoms with E-state index >= 15 is 0 Å². The molecule has 1 aromatic rings. The summed E-state index contributed by atoms with van der Waals surface area (Å²) in [6.45, 7) is 0. The van der Waals surface area contributed by atoms with Crippen molar-refractivity contribution in [3.05, 3.63) is 16.0 Å². The SMILES string of the molecule is Nc1[nH]c(=S)cnc1Cl. The lowest BCUT2D eigenvalue weighted by Gasteiger charge is -1.92. The summed E-state index contributed by atoms with van der Waals surface area (Å²) in [5.41, 5.74) is 5.30. The van der Waals surface area contributed by atoms with E-state index in [1.54, 1.807) is 0 Å². The lowest BCUT2D eigenvalue weighted by Crippen LogP contribution is -1.92. The van der Waals surface area contributed by atoms with E-state index in [1.807, 2.05) is 0 Å². The van der Waals surface area contributed by atoms with Gasteiger partial charge in [-0.15, -0.1) is 0 Å².